The van der Waals surface area contributed by atoms with Gasteiger partial charge in [0.25, 0.3) is 0 Å². The van der Waals surface area contributed by atoms with Crippen molar-refractivity contribution >= 4 is 26.7 Å². The second kappa shape index (κ2) is 11.1. The smallest absolute Gasteiger partial charge is 0.726 e. The van der Waals surface area contributed by atoms with Gasteiger partial charge in [0.2, 0.25) is 26.7 Å². The average Bonchev–Trinajstić information content (AvgIpc) is 2.30. The Morgan fingerprint density at radius 3 is 2.21 bits per heavy atom. The van der Waals surface area contributed by atoms with Crippen molar-refractivity contribution in [2.45, 2.75) is 31.3 Å². The van der Waals surface area contributed by atoms with Gasteiger partial charge in [0.1, 0.15) is 18.3 Å². The van der Waals surface area contributed by atoms with E-state index < -0.39 is 57.7 Å². The molecule has 0 saturated carbocycles. The van der Waals surface area contributed by atoms with Crippen LogP contribution < -0.4 is 64.4 Å². The molecule has 1 amide bonds. The molecule has 4 atom stereocenters. The molecular weight excluding hydrogens is 396 g/mol. The Hall–Kier alpha value is 1.13. The summed E-state index contributed by atoms with van der Waals surface area (Å²) in [5.41, 5.74) is 0. The second-order valence-electron chi connectivity index (χ2n) is 4.33. The molecule has 12 nitrogen and oxygen atoms in total. The zero-order chi connectivity index (χ0) is 17.1. The second-order valence-corrected chi connectivity index (χ2v) is 6.39. The molecule has 0 radical (unpaired) electrons. The molecule has 0 bridgehead atoms. The van der Waals surface area contributed by atoms with Crippen molar-refractivity contribution in [3.63, 3.8) is 0 Å². The first-order valence-electron chi connectivity index (χ1n) is 5.70. The van der Waals surface area contributed by atoms with Gasteiger partial charge in [-0.05, 0) is 0 Å². The molecule has 1 aliphatic rings. The van der Waals surface area contributed by atoms with Gasteiger partial charge >= 0.3 is 59.1 Å². The molecule has 0 aromatic rings. The van der Waals surface area contributed by atoms with Crippen LogP contribution in [0.1, 0.15) is 6.92 Å². The zero-order valence-corrected chi connectivity index (χ0v) is 18.7. The maximum Gasteiger partial charge on any atom is 1.00 e. The van der Waals surface area contributed by atoms with Gasteiger partial charge in [-0.15, -0.1) is 0 Å². The quantitative estimate of drug-likeness (QED) is 0.240. The van der Waals surface area contributed by atoms with Crippen LogP contribution in [0.2, 0.25) is 0 Å². The third kappa shape index (κ3) is 10.3. The number of nitrogens with one attached hydrogen (secondary N) is 1. The Morgan fingerprint density at radius 2 is 1.79 bits per heavy atom. The summed E-state index contributed by atoms with van der Waals surface area (Å²) in [5.74, 6) is -0.576. The summed E-state index contributed by atoms with van der Waals surface area (Å²) in [4.78, 5) is 10.9. The van der Waals surface area contributed by atoms with E-state index in [-0.39, 0.29) is 65.7 Å². The van der Waals surface area contributed by atoms with Crippen LogP contribution in [0.5, 0.6) is 0 Å². The number of ether oxygens (including phenoxy) is 1. The molecular formula is C8H13NNa2O11S2. The molecule has 2 N–H and O–H groups in total. The van der Waals surface area contributed by atoms with Crippen molar-refractivity contribution in [2.75, 3.05) is 13.2 Å². The fourth-order valence-corrected chi connectivity index (χ4v) is 2.62. The standard InChI is InChI=1S/C8H15NO11S2.2Na/c1-4(10)9-5-2-18-6(3-19-21(12,13)14)8(7(5)11)20-22(15,16)17;;/h5-8,11H,2-3H2,1H3,(H,9,10)(H,12,13,14)(H,15,16,17);;/q;2*+1/p-2. The van der Waals surface area contributed by atoms with Gasteiger partial charge in [-0.3, -0.25) is 13.2 Å². The van der Waals surface area contributed by atoms with Gasteiger partial charge in [-0.1, -0.05) is 0 Å². The van der Waals surface area contributed by atoms with E-state index in [1.165, 1.54) is 0 Å². The first-order chi connectivity index (χ1) is 9.89. The van der Waals surface area contributed by atoms with Crippen LogP contribution in [0.4, 0.5) is 0 Å². The van der Waals surface area contributed by atoms with Gasteiger partial charge in [0.05, 0.1) is 19.3 Å². The topological polar surface area (TPSA) is 191 Å². The Bertz CT molecular complexity index is 610. The molecule has 1 aliphatic heterocycles. The molecule has 1 heterocycles. The van der Waals surface area contributed by atoms with Crippen LogP contribution in [-0.4, -0.2) is 74.5 Å². The number of aliphatic hydroxyl groups excluding tert-OH is 1. The predicted molar refractivity (Wildman–Crippen MR) is 63.6 cm³/mol. The van der Waals surface area contributed by atoms with Crippen LogP contribution in [-0.2, 0) is 38.7 Å². The van der Waals surface area contributed by atoms with E-state index >= 15 is 0 Å². The Kier molecular flexibility index (Phi) is 12.6. The molecule has 16 heteroatoms. The summed E-state index contributed by atoms with van der Waals surface area (Å²) in [6, 6.07) is -1.11. The molecule has 130 valence electrons. The summed E-state index contributed by atoms with van der Waals surface area (Å²) < 4.78 is 76.1. The van der Waals surface area contributed by atoms with Crippen molar-refractivity contribution in [3.05, 3.63) is 0 Å². The van der Waals surface area contributed by atoms with Crippen molar-refractivity contribution in [1.29, 1.82) is 0 Å². The van der Waals surface area contributed by atoms with E-state index in [4.69, 9.17) is 4.74 Å². The Morgan fingerprint density at radius 1 is 1.25 bits per heavy atom. The van der Waals surface area contributed by atoms with Crippen LogP contribution >= 0.6 is 0 Å². The normalized spacial score (nSPS) is 27.5. The SMILES string of the molecule is CC(=O)NC1COC(COS(=O)(=O)[O-])C(OS(=O)(=O)[O-])C1O.[Na+].[Na+]. The molecule has 4 unspecified atom stereocenters. The van der Waals surface area contributed by atoms with Crippen molar-refractivity contribution in [3.8, 4) is 0 Å². The Balaban J connectivity index is 0. The number of aliphatic hydroxyl groups is 1. The Labute approximate surface area is 183 Å². The van der Waals surface area contributed by atoms with Crippen molar-refractivity contribution in [2.24, 2.45) is 0 Å². The summed E-state index contributed by atoms with van der Waals surface area (Å²) in [6.45, 7) is -0.214. The number of carbonyl (C=O) groups is 1. The minimum Gasteiger partial charge on any atom is -0.726 e. The first kappa shape index (κ1) is 27.3. The third-order valence-corrected chi connectivity index (χ3v) is 3.48. The van der Waals surface area contributed by atoms with Gasteiger partial charge in [-0.25, -0.2) is 16.8 Å². The number of rotatable bonds is 6. The van der Waals surface area contributed by atoms with Crippen LogP contribution in [0.15, 0.2) is 0 Å². The number of hydrogen-bond acceptors (Lipinski definition) is 11. The minimum absolute atomic E-state index is 0. The molecule has 24 heavy (non-hydrogen) atoms. The zero-order valence-electron chi connectivity index (χ0n) is 13.1. The molecule has 0 spiro atoms. The number of amides is 1. The number of carbonyl (C=O) groups excluding carboxylic acids is 1. The first-order valence-corrected chi connectivity index (χ1v) is 8.37. The van der Waals surface area contributed by atoms with Gasteiger partial charge in [0.15, 0.2) is 0 Å². The molecule has 0 aromatic carbocycles. The monoisotopic (exact) mass is 409 g/mol. The third-order valence-electron chi connectivity index (χ3n) is 2.60. The molecule has 0 aliphatic carbocycles. The van der Waals surface area contributed by atoms with E-state index in [0.717, 1.165) is 6.92 Å². The molecule has 1 rings (SSSR count). The fourth-order valence-electron chi connectivity index (χ4n) is 1.81. The molecule has 0 aromatic heterocycles. The minimum atomic E-state index is -5.28. The fraction of sp³-hybridized carbons (Fsp3) is 0.875. The van der Waals surface area contributed by atoms with E-state index in [2.05, 4.69) is 13.7 Å². The maximum absolute atomic E-state index is 10.9. The van der Waals surface area contributed by atoms with E-state index in [9.17, 15) is 35.8 Å². The molecule has 1 fully saturated rings. The van der Waals surface area contributed by atoms with E-state index in [0.29, 0.717) is 0 Å². The van der Waals surface area contributed by atoms with Crippen LogP contribution in [0.25, 0.3) is 0 Å². The van der Waals surface area contributed by atoms with Crippen molar-refractivity contribution < 1.29 is 108 Å². The predicted octanol–water partition coefficient (Wildman–Crippen LogP) is -9.42. The van der Waals surface area contributed by atoms with Crippen LogP contribution in [0, 0.1) is 0 Å². The largest absolute Gasteiger partial charge is 1.00 e. The summed E-state index contributed by atoms with van der Waals surface area (Å²) >= 11 is 0. The van der Waals surface area contributed by atoms with E-state index in [1.54, 1.807) is 0 Å². The van der Waals surface area contributed by atoms with Gasteiger partial charge in [-0.2, -0.15) is 0 Å². The maximum atomic E-state index is 10.9. The summed E-state index contributed by atoms with van der Waals surface area (Å²) in [5, 5.41) is 12.2. The van der Waals surface area contributed by atoms with E-state index in [1.807, 2.05) is 0 Å². The van der Waals surface area contributed by atoms with Gasteiger partial charge < -0.3 is 24.3 Å². The number of hydrogen-bond donors (Lipinski definition) is 2. The van der Waals surface area contributed by atoms with Gasteiger partial charge in [0, 0.05) is 6.92 Å². The summed E-state index contributed by atoms with van der Waals surface area (Å²) in [7, 11) is -10.4. The van der Waals surface area contributed by atoms with Crippen LogP contribution in [0.3, 0.4) is 0 Å². The van der Waals surface area contributed by atoms with Crippen molar-refractivity contribution in [1.82, 2.24) is 5.32 Å². The average molecular weight is 409 g/mol. The molecule has 1 saturated heterocycles. The summed E-state index contributed by atoms with van der Waals surface area (Å²) in [6.07, 6.45) is -5.12.